The van der Waals surface area contributed by atoms with Gasteiger partial charge in [-0.1, -0.05) is 18.2 Å². The van der Waals surface area contributed by atoms with Gasteiger partial charge in [0.1, 0.15) is 0 Å². The number of nitrogens with zero attached hydrogens (tertiary/aromatic N) is 3. The summed E-state index contributed by atoms with van der Waals surface area (Å²) in [5.41, 5.74) is 1.32. The lowest BCUT2D eigenvalue weighted by Gasteiger charge is -2.14. The van der Waals surface area contributed by atoms with Gasteiger partial charge < -0.3 is 5.32 Å². The summed E-state index contributed by atoms with van der Waals surface area (Å²) in [6.45, 7) is 2.59. The number of para-hydroxylation sites is 1. The van der Waals surface area contributed by atoms with Gasteiger partial charge >= 0.3 is 0 Å². The van der Waals surface area contributed by atoms with E-state index in [-0.39, 0.29) is 11.9 Å². The number of carbonyl (C=O) groups is 1. The van der Waals surface area contributed by atoms with Crippen LogP contribution in [0, 0.1) is 0 Å². The van der Waals surface area contributed by atoms with Crippen LogP contribution >= 0.6 is 0 Å². The van der Waals surface area contributed by atoms with Crippen molar-refractivity contribution in [2.75, 3.05) is 0 Å². The van der Waals surface area contributed by atoms with E-state index >= 15 is 0 Å². The van der Waals surface area contributed by atoms with E-state index < -0.39 is 0 Å². The molecule has 5 heteroatoms. The minimum atomic E-state index is -0.112. The molecule has 1 aromatic carbocycles. The molecule has 1 amide bonds. The van der Waals surface area contributed by atoms with Gasteiger partial charge in [-0.2, -0.15) is 5.10 Å². The molecule has 3 aromatic rings. The standard InChI is InChI=1S/C16H16N4O/c1-12(11-20-10-4-9-18-20)19-16(21)14-7-2-5-13-6-3-8-17-15(13)14/h2-10,12H,11H2,1H3,(H,19,21)/t12-/m0/s1. The molecule has 106 valence electrons. The predicted molar refractivity (Wildman–Crippen MR) is 80.9 cm³/mol. The molecule has 5 nitrogen and oxygen atoms in total. The molecule has 0 aliphatic heterocycles. The minimum Gasteiger partial charge on any atom is -0.348 e. The summed E-state index contributed by atoms with van der Waals surface area (Å²) >= 11 is 0. The van der Waals surface area contributed by atoms with E-state index in [1.807, 2.05) is 43.5 Å². The molecule has 1 atom stereocenters. The number of benzene rings is 1. The second kappa shape index (κ2) is 5.75. The van der Waals surface area contributed by atoms with Crippen LogP contribution in [-0.4, -0.2) is 26.7 Å². The number of hydrogen-bond donors (Lipinski definition) is 1. The van der Waals surface area contributed by atoms with Gasteiger partial charge in [0, 0.05) is 30.0 Å². The molecule has 0 saturated heterocycles. The van der Waals surface area contributed by atoms with Crippen LogP contribution < -0.4 is 5.32 Å². The zero-order valence-corrected chi connectivity index (χ0v) is 11.7. The fourth-order valence-corrected chi connectivity index (χ4v) is 2.32. The number of aromatic nitrogens is 3. The third kappa shape index (κ3) is 2.91. The number of fused-ring (bicyclic) bond motifs is 1. The SMILES string of the molecule is C[C@@H](Cn1cccn1)NC(=O)c1cccc2cccnc12. The zero-order chi connectivity index (χ0) is 14.7. The normalized spacial score (nSPS) is 12.2. The summed E-state index contributed by atoms with van der Waals surface area (Å²) < 4.78 is 1.80. The summed E-state index contributed by atoms with van der Waals surface area (Å²) in [4.78, 5) is 16.7. The number of hydrogen-bond acceptors (Lipinski definition) is 3. The molecule has 0 unspecified atom stereocenters. The van der Waals surface area contributed by atoms with Crippen molar-refractivity contribution in [3.8, 4) is 0 Å². The van der Waals surface area contributed by atoms with E-state index in [4.69, 9.17) is 0 Å². The molecule has 0 saturated carbocycles. The molecule has 0 radical (unpaired) electrons. The Balaban J connectivity index is 1.78. The highest BCUT2D eigenvalue weighted by molar-refractivity contribution is 6.05. The van der Waals surface area contributed by atoms with Gasteiger partial charge in [0.15, 0.2) is 0 Å². The third-order valence-electron chi connectivity index (χ3n) is 3.27. The molecular formula is C16H16N4O. The molecule has 1 N–H and O–H groups in total. The second-order valence-electron chi connectivity index (χ2n) is 4.98. The van der Waals surface area contributed by atoms with Crippen molar-refractivity contribution in [2.24, 2.45) is 0 Å². The maximum atomic E-state index is 12.4. The van der Waals surface area contributed by atoms with Crippen LogP contribution in [0.1, 0.15) is 17.3 Å². The number of pyridine rings is 1. The Hall–Kier alpha value is -2.69. The molecule has 0 fully saturated rings. The number of amides is 1. The van der Waals surface area contributed by atoms with Gasteiger partial charge in [0.2, 0.25) is 0 Å². The summed E-state index contributed by atoms with van der Waals surface area (Å²) in [5, 5.41) is 8.09. The van der Waals surface area contributed by atoms with Crippen molar-refractivity contribution in [2.45, 2.75) is 19.5 Å². The van der Waals surface area contributed by atoms with Crippen LogP contribution in [0.3, 0.4) is 0 Å². The average Bonchev–Trinajstić information content (AvgIpc) is 2.99. The summed E-state index contributed by atoms with van der Waals surface area (Å²) in [7, 11) is 0. The maximum Gasteiger partial charge on any atom is 0.253 e. The smallest absolute Gasteiger partial charge is 0.253 e. The quantitative estimate of drug-likeness (QED) is 0.797. The molecule has 0 spiro atoms. The average molecular weight is 280 g/mol. The van der Waals surface area contributed by atoms with E-state index in [1.165, 1.54) is 0 Å². The lowest BCUT2D eigenvalue weighted by atomic mass is 10.1. The highest BCUT2D eigenvalue weighted by atomic mass is 16.1. The molecular weight excluding hydrogens is 264 g/mol. The van der Waals surface area contributed by atoms with Crippen LogP contribution in [0.5, 0.6) is 0 Å². The van der Waals surface area contributed by atoms with Crippen LogP contribution in [0.4, 0.5) is 0 Å². The van der Waals surface area contributed by atoms with E-state index in [1.54, 1.807) is 23.1 Å². The van der Waals surface area contributed by atoms with Crippen molar-refractivity contribution in [1.82, 2.24) is 20.1 Å². The highest BCUT2D eigenvalue weighted by Crippen LogP contribution is 2.15. The Morgan fingerprint density at radius 3 is 2.90 bits per heavy atom. The van der Waals surface area contributed by atoms with Crippen molar-refractivity contribution >= 4 is 16.8 Å². The van der Waals surface area contributed by atoms with Crippen molar-refractivity contribution < 1.29 is 4.79 Å². The van der Waals surface area contributed by atoms with E-state index in [2.05, 4.69) is 15.4 Å². The molecule has 3 rings (SSSR count). The highest BCUT2D eigenvalue weighted by Gasteiger charge is 2.13. The Labute approximate surface area is 122 Å². The van der Waals surface area contributed by atoms with E-state index in [0.717, 1.165) is 10.9 Å². The molecule has 21 heavy (non-hydrogen) atoms. The van der Waals surface area contributed by atoms with Crippen LogP contribution in [0.15, 0.2) is 55.0 Å². The van der Waals surface area contributed by atoms with Gasteiger partial charge in [-0.15, -0.1) is 0 Å². The largest absolute Gasteiger partial charge is 0.348 e. The topological polar surface area (TPSA) is 59.8 Å². The Morgan fingerprint density at radius 1 is 1.24 bits per heavy atom. The first-order valence-electron chi connectivity index (χ1n) is 6.86. The molecule has 2 aromatic heterocycles. The number of carbonyl (C=O) groups excluding carboxylic acids is 1. The van der Waals surface area contributed by atoms with Crippen molar-refractivity contribution in [3.05, 3.63) is 60.6 Å². The first kappa shape index (κ1) is 13.3. The van der Waals surface area contributed by atoms with Crippen LogP contribution in [-0.2, 0) is 6.54 Å². The van der Waals surface area contributed by atoms with Gasteiger partial charge in [0.05, 0.1) is 17.6 Å². The van der Waals surface area contributed by atoms with Crippen molar-refractivity contribution in [3.63, 3.8) is 0 Å². The monoisotopic (exact) mass is 280 g/mol. The van der Waals surface area contributed by atoms with Gasteiger partial charge in [0.25, 0.3) is 5.91 Å². The van der Waals surface area contributed by atoms with Crippen LogP contribution in [0.2, 0.25) is 0 Å². The second-order valence-corrected chi connectivity index (χ2v) is 4.98. The van der Waals surface area contributed by atoms with E-state index in [0.29, 0.717) is 12.1 Å². The van der Waals surface area contributed by atoms with Crippen molar-refractivity contribution in [1.29, 1.82) is 0 Å². The summed E-state index contributed by atoms with van der Waals surface area (Å²) in [6.07, 6.45) is 5.30. The van der Waals surface area contributed by atoms with Gasteiger partial charge in [-0.25, -0.2) is 0 Å². The molecule has 0 aliphatic carbocycles. The minimum absolute atomic E-state index is 0.0173. The first-order chi connectivity index (χ1) is 10.2. The summed E-state index contributed by atoms with van der Waals surface area (Å²) in [6, 6.07) is 11.3. The van der Waals surface area contributed by atoms with Crippen LogP contribution in [0.25, 0.3) is 10.9 Å². The fourth-order valence-electron chi connectivity index (χ4n) is 2.32. The number of nitrogens with one attached hydrogen (secondary N) is 1. The molecule has 0 aliphatic rings. The predicted octanol–water partition coefficient (Wildman–Crippen LogP) is 2.25. The lowest BCUT2D eigenvalue weighted by Crippen LogP contribution is -2.35. The maximum absolute atomic E-state index is 12.4. The first-order valence-corrected chi connectivity index (χ1v) is 6.86. The third-order valence-corrected chi connectivity index (χ3v) is 3.27. The Bertz CT molecular complexity index is 747. The fraction of sp³-hybridized carbons (Fsp3) is 0.188. The molecule has 0 bridgehead atoms. The van der Waals surface area contributed by atoms with E-state index in [9.17, 15) is 4.79 Å². The molecule has 2 heterocycles. The van der Waals surface area contributed by atoms with Gasteiger partial charge in [-0.3, -0.25) is 14.5 Å². The van der Waals surface area contributed by atoms with Gasteiger partial charge in [-0.05, 0) is 25.1 Å². The Morgan fingerprint density at radius 2 is 2.10 bits per heavy atom. The Kier molecular flexibility index (Phi) is 3.64. The number of rotatable bonds is 4. The summed E-state index contributed by atoms with van der Waals surface area (Å²) in [5.74, 6) is -0.112. The zero-order valence-electron chi connectivity index (χ0n) is 11.7. The lowest BCUT2D eigenvalue weighted by molar-refractivity contribution is 0.0937.